The van der Waals surface area contributed by atoms with Crippen molar-refractivity contribution < 1.29 is 28.8 Å². The molecule has 0 radical (unpaired) electrons. The number of amides is 2. The van der Waals surface area contributed by atoms with Crippen molar-refractivity contribution in [2.75, 3.05) is 10.6 Å². The molecule has 0 unspecified atom stereocenters. The number of fused-ring (bicyclic) bond motifs is 2. The first-order valence-corrected chi connectivity index (χ1v) is 12.5. The average Bonchev–Trinajstić information content (AvgIpc) is 3.09. The topological polar surface area (TPSA) is 126 Å². The molecular formula is C28H34N2O6. The second kappa shape index (κ2) is 8.18. The molecule has 0 aromatic heterocycles. The van der Waals surface area contributed by atoms with Crippen LogP contribution < -0.4 is 10.6 Å². The van der Waals surface area contributed by atoms with Crippen molar-refractivity contribution in [2.24, 2.45) is 33.5 Å². The molecule has 2 bridgehead atoms. The normalized spacial score (nSPS) is 33.2. The van der Waals surface area contributed by atoms with Gasteiger partial charge in [0.15, 0.2) is 0 Å². The van der Waals surface area contributed by atoms with E-state index in [2.05, 4.69) is 10.6 Å². The molecular weight excluding hydrogens is 460 g/mol. The molecule has 3 saturated carbocycles. The maximum absolute atomic E-state index is 13.3. The van der Waals surface area contributed by atoms with Gasteiger partial charge in [0.05, 0.1) is 0 Å². The largest absolute Gasteiger partial charge is 0.325 e. The number of hydrogen-bond donors (Lipinski definition) is 2. The Balaban J connectivity index is 1.44. The smallest absolute Gasteiger partial charge is 0.239 e. The molecule has 2 N–H and O–H groups in total. The number of nitrogens with one attached hydrogen (secondary N) is 2. The monoisotopic (exact) mass is 494 g/mol. The first-order valence-electron chi connectivity index (χ1n) is 12.5. The van der Waals surface area contributed by atoms with Crippen molar-refractivity contribution in [3.05, 3.63) is 24.3 Å². The molecule has 192 valence electrons. The highest BCUT2D eigenvalue weighted by Crippen LogP contribution is 2.69. The number of carbonyl (C=O) groups is 6. The van der Waals surface area contributed by atoms with Gasteiger partial charge in [0.2, 0.25) is 34.9 Å². The molecule has 2 amide bonds. The minimum atomic E-state index is -1.40. The molecule has 3 aliphatic carbocycles. The summed E-state index contributed by atoms with van der Waals surface area (Å²) in [6.07, 6.45) is 1.59. The molecule has 8 nitrogen and oxygen atoms in total. The standard InChI is InChI=1S/C28H34N2O6/c1-15(2)26(5)12-11-18(19(31)20(26)32)23(35)29-16-7-9-17(10-8-16)30-24(36)28-14-13-27(6,25(28,3)4)21(33)22(28)34/h7-10,15,18H,11-14H2,1-6H3,(H,29,35)(H,30,36)/t18-,26-,27+,28-/m1/s1. The van der Waals surface area contributed by atoms with Crippen LogP contribution in [0.15, 0.2) is 24.3 Å². The lowest BCUT2D eigenvalue weighted by molar-refractivity contribution is -0.152. The van der Waals surface area contributed by atoms with Gasteiger partial charge in [-0.05, 0) is 61.3 Å². The van der Waals surface area contributed by atoms with Crippen LogP contribution in [0.3, 0.4) is 0 Å². The van der Waals surface area contributed by atoms with Gasteiger partial charge in [0.25, 0.3) is 0 Å². The van der Waals surface area contributed by atoms with Crippen molar-refractivity contribution in [3.8, 4) is 0 Å². The van der Waals surface area contributed by atoms with Crippen molar-refractivity contribution >= 4 is 46.3 Å². The van der Waals surface area contributed by atoms with E-state index in [1.807, 2.05) is 27.7 Å². The number of benzene rings is 1. The van der Waals surface area contributed by atoms with Crippen LogP contribution >= 0.6 is 0 Å². The Morgan fingerprint density at radius 1 is 0.806 bits per heavy atom. The summed E-state index contributed by atoms with van der Waals surface area (Å²) in [5, 5.41) is 5.47. The van der Waals surface area contributed by atoms with Crippen LogP contribution in [0.4, 0.5) is 11.4 Å². The molecule has 4 rings (SSSR count). The van der Waals surface area contributed by atoms with E-state index >= 15 is 0 Å². The summed E-state index contributed by atoms with van der Waals surface area (Å²) in [7, 11) is 0. The second-order valence-electron chi connectivity index (χ2n) is 11.9. The van der Waals surface area contributed by atoms with Crippen molar-refractivity contribution in [2.45, 2.75) is 67.2 Å². The Bertz CT molecular complexity index is 1200. The van der Waals surface area contributed by atoms with E-state index in [4.69, 9.17) is 0 Å². The Morgan fingerprint density at radius 2 is 1.36 bits per heavy atom. The summed E-state index contributed by atoms with van der Waals surface area (Å²) in [5.74, 6) is -4.29. The zero-order valence-electron chi connectivity index (χ0n) is 21.7. The highest BCUT2D eigenvalue weighted by atomic mass is 16.2. The minimum Gasteiger partial charge on any atom is -0.325 e. The van der Waals surface area contributed by atoms with Gasteiger partial charge in [-0.3, -0.25) is 28.8 Å². The third-order valence-electron chi connectivity index (χ3n) is 9.94. The Labute approximate surface area is 211 Å². The average molecular weight is 495 g/mol. The van der Waals surface area contributed by atoms with Gasteiger partial charge in [-0.25, -0.2) is 0 Å². The second-order valence-corrected chi connectivity index (χ2v) is 11.9. The summed E-state index contributed by atoms with van der Waals surface area (Å²) in [6.45, 7) is 11.0. The van der Waals surface area contributed by atoms with Crippen LogP contribution in [0, 0.1) is 33.5 Å². The van der Waals surface area contributed by atoms with Crippen LogP contribution in [-0.2, 0) is 28.8 Å². The van der Waals surface area contributed by atoms with Crippen LogP contribution in [0.25, 0.3) is 0 Å². The highest BCUT2D eigenvalue weighted by Gasteiger charge is 2.77. The zero-order valence-corrected chi connectivity index (χ0v) is 21.7. The molecule has 3 fully saturated rings. The van der Waals surface area contributed by atoms with Gasteiger partial charge >= 0.3 is 0 Å². The molecule has 0 spiro atoms. The third kappa shape index (κ3) is 3.26. The molecule has 8 heteroatoms. The molecule has 1 aromatic carbocycles. The Kier molecular flexibility index (Phi) is 5.89. The van der Waals surface area contributed by atoms with E-state index in [9.17, 15) is 28.8 Å². The van der Waals surface area contributed by atoms with Crippen molar-refractivity contribution in [3.63, 3.8) is 0 Å². The van der Waals surface area contributed by atoms with E-state index in [1.54, 1.807) is 38.1 Å². The van der Waals surface area contributed by atoms with Crippen LogP contribution in [0.2, 0.25) is 0 Å². The van der Waals surface area contributed by atoms with Crippen LogP contribution in [0.5, 0.6) is 0 Å². The fraction of sp³-hybridized carbons (Fsp3) is 0.571. The fourth-order valence-corrected chi connectivity index (χ4v) is 6.31. The maximum Gasteiger partial charge on any atom is 0.239 e. The molecule has 3 aliphatic rings. The number of ketones is 4. The summed E-state index contributed by atoms with van der Waals surface area (Å²) >= 11 is 0. The third-order valence-corrected chi connectivity index (χ3v) is 9.94. The summed E-state index contributed by atoms with van der Waals surface area (Å²) < 4.78 is 0. The van der Waals surface area contributed by atoms with Crippen LogP contribution in [0.1, 0.15) is 67.2 Å². The molecule has 1 aromatic rings. The molecule has 4 atom stereocenters. The summed E-state index contributed by atoms with van der Waals surface area (Å²) in [4.78, 5) is 76.9. The van der Waals surface area contributed by atoms with E-state index in [1.165, 1.54) is 0 Å². The van der Waals surface area contributed by atoms with E-state index in [0.29, 0.717) is 37.1 Å². The van der Waals surface area contributed by atoms with E-state index in [0.717, 1.165) is 0 Å². The highest BCUT2D eigenvalue weighted by molar-refractivity contribution is 6.49. The zero-order chi connectivity index (χ0) is 26.8. The molecule has 0 saturated heterocycles. The Hall–Kier alpha value is -3.16. The number of carbonyl (C=O) groups excluding carboxylic acids is 6. The lowest BCUT2D eigenvalue weighted by Gasteiger charge is -2.37. The van der Waals surface area contributed by atoms with Crippen LogP contribution in [-0.4, -0.2) is 34.9 Å². The predicted molar refractivity (Wildman–Crippen MR) is 133 cm³/mol. The van der Waals surface area contributed by atoms with Gasteiger partial charge in [0.1, 0.15) is 11.3 Å². The molecule has 0 heterocycles. The Morgan fingerprint density at radius 3 is 1.86 bits per heavy atom. The summed E-state index contributed by atoms with van der Waals surface area (Å²) in [5.41, 5.74) is -2.97. The first-order chi connectivity index (χ1) is 16.6. The lowest BCUT2D eigenvalue weighted by atomic mass is 9.64. The predicted octanol–water partition coefficient (Wildman–Crippen LogP) is 3.74. The van der Waals surface area contributed by atoms with E-state index < -0.39 is 62.5 Å². The first kappa shape index (κ1) is 25.9. The number of hydrogen-bond acceptors (Lipinski definition) is 6. The van der Waals surface area contributed by atoms with Crippen molar-refractivity contribution in [1.29, 1.82) is 0 Å². The van der Waals surface area contributed by atoms with Gasteiger partial charge in [0, 0.05) is 22.2 Å². The SMILES string of the molecule is CC(C)[C@@]1(C)CC[C@@H](C(=O)Nc2ccc(NC(=O)[C@@]34CC[C@@](C)(C(=O)C3=O)C4(C)C)cc2)C(=O)C1=O. The van der Waals surface area contributed by atoms with E-state index in [-0.39, 0.29) is 5.92 Å². The molecule has 0 aliphatic heterocycles. The number of rotatable bonds is 5. The number of anilines is 2. The fourth-order valence-electron chi connectivity index (χ4n) is 6.31. The van der Waals surface area contributed by atoms with Crippen molar-refractivity contribution in [1.82, 2.24) is 0 Å². The van der Waals surface area contributed by atoms with Gasteiger partial charge in [-0.15, -0.1) is 0 Å². The quantitative estimate of drug-likeness (QED) is 0.474. The van der Waals surface area contributed by atoms with Gasteiger partial charge in [-0.1, -0.05) is 41.5 Å². The lowest BCUT2D eigenvalue weighted by Crippen LogP contribution is -2.48. The van der Waals surface area contributed by atoms with Gasteiger partial charge < -0.3 is 10.6 Å². The maximum atomic E-state index is 13.3. The van der Waals surface area contributed by atoms with Gasteiger partial charge in [-0.2, -0.15) is 0 Å². The number of Topliss-reactive ketones (excluding diaryl/α,β-unsaturated/α-hetero) is 4. The summed E-state index contributed by atoms with van der Waals surface area (Å²) in [6, 6.07) is 6.31. The minimum absolute atomic E-state index is 0.00135. The molecule has 36 heavy (non-hydrogen) atoms.